The Hall–Kier alpha value is -1.89. The number of nitrogens with zero attached hydrogens (tertiary/aromatic N) is 2. The maximum atomic E-state index is 11.8. The summed E-state index contributed by atoms with van der Waals surface area (Å²) >= 11 is 0. The number of hydrogen-bond acceptors (Lipinski definition) is 3. The minimum atomic E-state index is -0.137. The first-order valence-electron chi connectivity index (χ1n) is 5.93. The summed E-state index contributed by atoms with van der Waals surface area (Å²) in [6.07, 6.45) is 7.89. The molecule has 1 aliphatic rings. The molecule has 0 spiro atoms. The lowest BCUT2D eigenvalue weighted by atomic mass is 10.1. The van der Waals surface area contributed by atoms with Crippen LogP contribution in [0.3, 0.4) is 0 Å². The zero-order chi connectivity index (χ0) is 12.1. The molecule has 17 heavy (non-hydrogen) atoms. The Balaban J connectivity index is 1.92. The van der Waals surface area contributed by atoms with Crippen LogP contribution >= 0.6 is 0 Å². The van der Waals surface area contributed by atoms with E-state index in [1.54, 1.807) is 6.07 Å². The van der Waals surface area contributed by atoms with Crippen molar-refractivity contribution in [3.63, 3.8) is 0 Å². The highest BCUT2D eigenvalue weighted by molar-refractivity contribution is 5.94. The van der Waals surface area contributed by atoms with Crippen LogP contribution in [0.2, 0.25) is 0 Å². The molecule has 1 aromatic heterocycles. The summed E-state index contributed by atoms with van der Waals surface area (Å²) in [7, 11) is 0. The van der Waals surface area contributed by atoms with Crippen molar-refractivity contribution in [1.82, 2.24) is 10.3 Å². The average Bonchev–Trinajstić information content (AvgIpc) is 2.89. The zero-order valence-corrected chi connectivity index (χ0v) is 9.65. The van der Waals surface area contributed by atoms with Crippen molar-refractivity contribution in [2.45, 2.75) is 25.7 Å². The molecule has 0 aromatic carbocycles. The fourth-order valence-corrected chi connectivity index (χ4v) is 2.18. The van der Waals surface area contributed by atoms with Crippen molar-refractivity contribution in [1.29, 1.82) is 5.26 Å². The second-order valence-electron chi connectivity index (χ2n) is 4.43. The van der Waals surface area contributed by atoms with Crippen molar-refractivity contribution < 1.29 is 4.79 Å². The van der Waals surface area contributed by atoms with E-state index in [-0.39, 0.29) is 5.91 Å². The van der Waals surface area contributed by atoms with Gasteiger partial charge in [0.2, 0.25) is 0 Å². The molecule has 1 N–H and O–H groups in total. The molecule has 0 atom stereocenters. The Labute approximate surface area is 101 Å². The molecule has 0 radical (unpaired) electrons. The summed E-state index contributed by atoms with van der Waals surface area (Å²) in [4.78, 5) is 15.7. The molecule has 2 rings (SSSR count). The van der Waals surface area contributed by atoms with E-state index in [0.29, 0.717) is 17.0 Å². The molecule has 1 amide bonds. The van der Waals surface area contributed by atoms with Gasteiger partial charge in [-0.15, -0.1) is 0 Å². The predicted molar refractivity (Wildman–Crippen MR) is 63.2 cm³/mol. The Morgan fingerprint density at radius 2 is 2.24 bits per heavy atom. The van der Waals surface area contributed by atoms with Crippen LogP contribution in [-0.2, 0) is 0 Å². The molecular weight excluding hydrogens is 214 g/mol. The van der Waals surface area contributed by atoms with Gasteiger partial charge in [0, 0.05) is 18.9 Å². The van der Waals surface area contributed by atoms with Crippen LogP contribution in [-0.4, -0.2) is 17.4 Å². The van der Waals surface area contributed by atoms with Gasteiger partial charge in [0.1, 0.15) is 6.07 Å². The third-order valence-electron chi connectivity index (χ3n) is 3.16. The third kappa shape index (κ3) is 3.04. The molecule has 4 nitrogen and oxygen atoms in total. The normalized spacial score (nSPS) is 15.5. The van der Waals surface area contributed by atoms with Gasteiger partial charge in [0.25, 0.3) is 5.91 Å². The largest absolute Gasteiger partial charge is 0.352 e. The van der Waals surface area contributed by atoms with Gasteiger partial charge in [-0.05, 0) is 24.8 Å². The van der Waals surface area contributed by atoms with E-state index in [1.807, 2.05) is 6.07 Å². The van der Waals surface area contributed by atoms with Crippen LogP contribution in [0, 0.1) is 17.2 Å². The molecule has 88 valence electrons. The number of nitrogens with one attached hydrogen (secondary N) is 1. The molecule has 0 saturated heterocycles. The lowest BCUT2D eigenvalue weighted by molar-refractivity contribution is 0.0947. The first-order chi connectivity index (χ1) is 8.29. The number of aromatic nitrogens is 1. The Morgan fingerprint density at radius 1 is 1.47 bits per heavy atom. The number of rotatable bonds is 3. The summed E-state index contributed by atoms with van der Waals surface area (Å²) in [6.45, 7) is 0.732. The Bertz CT molecular complexity index is 444. The first-order valence-corrected chi connectivity index (χ1v) is 5.93. The molecule has 0 bridgehead atoms. The van der Waals surface area contributed by atoms with Gasteiger partial charge < -0.3 is 5.32 Å². The molecule has 1 saturated carbocycles. The molecule has 1 heterocycles. The molecule has 1 aromatic rings. The van der Waals surface area contributed by atoms with Gasteiger partial charge >= 0.3 is 0 Å². The zero-order valence-electron chi connectivity index (χ0n) is 9.65. The lowest BCUT2D eigenvalue weighted by Crippen LogP contribution is -2.28. The van der Waals surface area contributed by atoms with Crippen LogP contribution in [0.25, 0.3) is 0 Å². The minimum absolute atomic E-state index is 0.137. The van der Waals surface area contributed by atoms with Crippen molar-refractivity contribution >= 4 is 5.91 Å². The van der Waals surface area contributed by atoms with Gasteiger partial charge in [-0.25, -0.2) is 0 Å². The number of carbonyl (C=O) groups excluding carboxylic acids is 1. The average molecular weight is 229 g/mol. The van der Waals surface area contributed by atoms with E-state index in [4.69, 9.17) is 5.26 Å². The van der Waals surface area contributed by atoms with E-state index in [1.165, 1.54) is 38.1 Å². The second-order valence-corrected chi connectivity index (χ2v) is 4.43. The van der Waals surface area contributed by atoms with Crippen LogP contribution in [0.1, 0.15) is 41.6 Å². The first kappa shape index (κ1) is 11.6. The number of nitriles is 1. The Kier molecular flexibility index (Phi) is 3.71. The highest BCUT2D eigenvalue weighted by Crippen LogP contribution is 2.23. The molecular formula is C13H15N3O. The van der Waals surface area contributed by atoms with Crippen LogP contribution < -0.4 is 5.32 Å². The quantitative estimate of drug-likeness (QED) is 0.860. The van der Waals surface area contributed by atoms with Gasteiger partial charge in [0.05, 0.1) is 11.1 Å². The van der Waals surface area contributed by atoms with Gasteiger partial charge in [-0.1, -0.05) is 12.8 Å². The van der Waals surface area contributed by atoms with Gasteiger partial charge in [-0.2, -0.15) is 5.26 Å². The smallest absolute Gasteiger partial charge is 0.252 e. The summed E-state index contributed by atoms with van der Waals surface area (Å²) < 4.78 is 0. The van der Waals surface area contributed by atoms with Crippen molar-refractivity contribution in [2.75, 3.05) is 6.54 Å². The number of carbonyl (C=O) groups is 1. The Morgan fingerprint density at radius 3 is 2.94 bits per heavy atom. The van der Waals surface area contributed by atoms with E-state index in [2.05, 4.69) is 10.3 Å². The fourth-order valence-electron chi connectivity index (χ4n) is 2.18. The SMILES string of the molecule is N#Cc1cncc(C(=O)NCC2CCCC2)c1. The number of amides is 1. The van der Waals surface area contributed by atoms with Gasteiger partial charge in [-0.3, -0.25) is 9.78 Å². The maximum Gasteiger partial charge on any atom is 0.252 e. The van der Waals surface area contributed by atoms with Gasteiger partial charge in [0.15, 0.2) is 0 Å². The van der Waals surface area contributed by atoms with E-state index in [0.717, 1.165) is 6.54 Å². The molecule has 1 fully saturated rings. The van der Waals surface area contributed by atoms with Crippen LogP contribution in [0.5, 0.6) is 0 Å². The molecule has 0 unspecified atom stereocenters. The molecule has 4 heteroatoms. The van der Waals surface area contributed by atoms with E-state index >= 15 is 0 Å². The topological polar surface area (TPSA) is 65.8 Å². The summed E-state index contributed by atoms with van der Waals surface area (Å²) in [5.41, 5.74) is 0.876. The highest BCUT2D eigenvalue weighted by Gasteiger charge is 2.16. The van der Waals surface area contributed by atoms with E-state index < -0.39 is 0 Å². The summed E-state index contributed by atoms with van der Waals surface area (Å²) in [5, 5.41) is 11.6. The summed E-state index contributed by atoms with van der Waals surface area (Å²) in [6, 6.07) is 3.54. The van der Waals surface area contributed by atoms with Crippen LogP contribution in [0.4, 0.5) is 0 Å². The standard InChI is InChI=1S/C13H15N3O/c14-6-11-5-12(9-15-7-11)13(17)16-8-10-3-1-2-4-10/h5,7,9-10H,1-4,8H2,(H,16,17). The van der Waals surface area contributed by atoms with E-state index in [9.17, 15) is 4.79 Å². The monoisotopic (exact) mass is 229 g/mol. The predicted octanol–water partition coefficient (Wildman–Crippen LogP) is 1.87. The highest BCUT2D eigenvalue weighted by atomic mass is 16.1. The summed E-state index contributed by atoms with van der Waals surface area (Å²) in [5.74, 6) is 0.479. The van der Waals surface area contributed by atoms with Crippen molar-refractivity contribution in [3.8, 4) is 6.07 Å². The van der Waals surface area contributed by atoms with Crippen molar-refractivity contribution in [3.05, 3.63) is 29.6 Å². The van der Waals surface area contributed by atoms with Crippen LogP contribution in [0.15, 0.2) is 18.5 Å². The molecule has 0 aliphatic heterocycles. The maximum absolute atomic E-state index is 11.8. The minimum Gasteiger partial charge on any atom is -0.352 e. The fraction of sp³-hybridized carbons (Fsp3) is 0.462. The number of pyridine rings is 1. The van der Waals surface area contributed by atoms with Crippen molar-refractivity contribution in [2.24, 2.45) is 5.92 Å². The third-order valence-corrected chi connectivity index (χ3v) is 3.16. The second kappa shape index (κ2) is 5.44. The number of hydrogen-bond donors (Lipinski definition) is 1. The lowest BCUT2D eigenvalue weighted by Gasteiger charge is -2.10. The molecule has 1 aliphatic carbocycles.